The van der Waals surface area contributed by atoms with E-state index in [0.29, 0.717) is 16.6 Å². The van der Waals surface area contributed by atoms with Gasteiger partial charge in [-0.05, 0) is 79.4 Å². The molecule has 0 aromatic heterocycles. The Hall–Kier alpha value is -0.330. The fourth-order valence-electron chi connectivity index (χ4n) is 7.04. The van der Waals surface area contributed by atoms with E-state index in [9.17, 15) is 4.79 Å². The van der Waals surface area contributed by atoms with Crippen LogP contribution in [0.4, 0.5) is 0 Å². The zero-order valence-corrected chi connectivity index (χ0v) is 13.3. The molecular formula is C19H30O. The Morgan fingerprint density at radius 1 is 0.950 bits per heavy atom. The normalized spacial score (nSPS) is 55.0. The quantitative estimate of drug-likeness (QED) is 0.608. The monoisotopic (exact) mass is 274 g/mol. The van der Waals surface area contributed by atoms with Gasteiger partial charge in [0.05, 0.1) is 0 Å². The highest BCUT2D eigenvalue weighted by Gasteiger charge is 2.57. The van der Waals surface area contributed by atoms with Crippen molar-refractivity contribution in [2.75, 3.05) is 0 Å². The summed E-state index contributed by atoms with van der Waals surface area (Å²) in [5.41, 5.74) is 1.18. The Kier molecular flexibility index (Phi) is 2.89. The smallest absolute Gasteiger partial charge is 0.133 e. The van der Waals surface area contributed by atoms with E-state index in [2.05, 4.69) is 13.8 Å². The van der Waals surface area contributed by atoms with Crippen molar-refractivity contribution in [1.29, 1.82) is 0 Å². The second kappa shape index (κ2) is 4.34. The van der Waals surface area contributed by atoms with Gasteiger partial charge in [0.1, 0.15) is 5.78 Å². The molecule has 0 radical (unpaired) electrons. The molecule has 6 atom stereocenters. The van der Waals surface area contributed by atoms with Crippen LogP contribution in [0, 0.1) is 34.5 Å². The lowest BCUT2D eigenvalue weighted by Gasteiger charge is -2.59. The van der Waals surface area contributed by atoms with E-state index in [1.165, 1.54) is 51.4 Å². The van der Waals surface area contributed by atoms with Gasteiger partial charge in [-0.3, -0.25) is 4.79 Å². The van der Waals surface area contributed by atoms with Gasteiger partial charge in [-0.2, -0.15) is 0 Å². The molecule has 0 aromatic carbocycles. The molecule has 0 aliphatic heterocycles. The van der Waals surface area contributed by atoms with E-state index < -0.39 is 0 Å². The Morgan fingerprint density at radius 2 is 1.80 bits per heavy atom. The molecule has 0 amide bonds. The van der Waals surface area contributed by atoms with Crippen LogP contribution in [0.15, 0.2) is 0 Å². The summed E-state index contributed by atoms with van der Waals surface area (Å²) in [4.78, 5) is 11.9. The molecule has 4 saturated carbocycles. The highest BCUT2D eigenvalue weighted by molar-refractivity contribution is 5.79. The van der Waals surface area contributed by atoms with Gasteiger partial charge in [-0.25, -0.2) is 0 Å². The van der Waals surface area contributed by atoms with Gasteiger partial charge in [-0.1, -0.05) is 20.3 Å². The van der Waals surface area contributed by atoms with Gasteiger partial charge >= 0.3 is 0 Å². The van der Waals surface area contributed by atoms with Gasteiger partial charge in [0.25, 0.3) is 0 Å². The molecule has 4 fully saturated rings. The molecule has 0 saturated heterocycles. The Labute approximate surface area is 123 Å². The largest absolute Gasteiger partial charge is 0.300 e. The highest BCUT2D eigenvalue weighted by Crippen LogP contribution is 2.65. The summed E-state index contributed by atoms with van der Waals surface area (Å²) < 4.78 is 0. The molecule has 0 bridgehead atoms. The topological polar surface area (TPSA) is 17.1 Å². The van der Waals surface area contributed by atoms with Crippen molar-refractivity contribution in [2.45, 2.75) is 78.1 Å². The second-order valence-electron chi connectivity index (χ2n) is 8.98. The summed E-state index contributed by atoms with van der Waals surface area (Å²) in [6, 6.07) is 0. The minimum Gasteiger partial charge on any atom is -0.300 e. The predicted octanol–water partition coefficient (Wildman–Crippen LogP) is 4.99. The first-order chi connectivity index (χ1) is 9.53. The molecule has 20 heavy (non-hydrogen) atoms. The van der Waals surface area contributed by atoms with Crippen LogP contribution in [-0.2, 0) is 4.79 Å². The third-order valence-corrected chi connectivity index (χ3v) is 8.26. The van der Waals surface area contributed by atoms with Crippen LogP contribution in [0.3, 0.4) is 0 Å². The van der Waals surface area contributed by atoms with E-state index in [1.54, 1.807) is 0 Å². The molecule has 4 aliphatic carbocycles. The maximum absolute atomic E-state index is 11.9. The number of Topliss-reactive ketones (excluding diaryl/α,β-unsaturated/α-hetero) is 1. The lowest BCUT2D eigenvalue weighted by molar-refractivity contribution is -0.137. The van der Waals surface area contributed by atoms with Crippen molar-refractivity contribution in [3.05, 3.63) is 0 Å². The summed E-state index contributed by atoms with van der Waals surface area (Å²) in [5.74, 6) is 4.20. The number of hydrogen-bond donors (Lipinski definition) is 0. The number of carbonyl (C=O) groups excluding carboxylic acids is 1. The van der Waals surface area contributed by atoms with Crippen molar-refractivity contribution in [3.8, 4) is 0 Å². The van der Waals surface area contributed by atoms with E-state index >= 15 is 0 Å². The van der Waals surface area contributed by atoms with Crippen LogP contribution in [0.25, 0.3) is 0 Å². The second-order valence-corrected chi connectivity index (χ2v) is 8.98. The first-order valence-corrected chi connectivity index (χ1v) is 9.05. The summed E-state index contributed by atoms with van der Waals surface area (Å²) in [6.07, 6.45) is 13.1. The van der Waals surface area contributed by atoms with Crippen LogP contribution in [0.5, 0.6) is 0 Å². The van der Waals surface area contributed by atoms with Gasteiger partial charge in [0, 0.05) is 12.8 Å². The minimum absolute atomic E-state index is 0.501. The van der Waals surface area contributed by atoms with E-state index in [-0.39, 0.29) is 0 Å². The number of rotatable bonds is 0. The van der Waals surface area contributed by atoms with Crippen LogP contribution in [0.2, 0.25) is 0 Å². The Morgan fingerprint density at radius 3 is 2.65 bits per heavy atom. The van der Waals surface area contributed by atoms with Crippen molar-refractivity contribution in [3.63, 3.8) is 0 Å². The molecule has 0 aromatic rings. The Bertz CT molecular complexity index is 427. The molecule has 1 heteroatoms. The fraction of sp³-hybridized carbons (Fsp3) is 0.947. The molecule has 1 nitrogen and oxygen atoms in total. The SMILES string of the molecule is C[C@@]12CCC[C@H]1[C@@H]1CC[C@@H]3CC(=O)CC[C@]3(C)[C@H]1CC2. The lowest BCUT2D eigenvalue weighted by atomic mass is 9.45. The summed E-state index contributed by atoms with van der Waals surface area (Å²) in [5, 5.41) is 0. The molecular weight excluding hydrogens is 244 g/mol. The number of carbonyl (C=O) groups is 1. The lowest BCUT2D eigenvalue weighted by Crippen LogP contribution is -2.52. The van der Waals surface area contributed by atoms with Crippen molar-refractivity contribution in [2.24, 2.45) is 34.5 Å². The van der Waals surface area contributed by atoms with E-state index in [4.69, 9.17) is 0 Å². The number of hydrogen-bond acceptors (Lipinski definition) is 1. The number of ketones is 1. The first-order valence-electron chi connectivity index (χ1n) is 9.05. The highest BCUT2D eigenvalue weighted by atomic mass is 16.1. The van der Waals surface area contributed by atoms with Gasteiger partial charge in [0.15, 0.2) is 0 Å². The summed E-state index contributed by atoms with van der Waals surface area (Å²) in [6.45, 7) is 5.14. The summed E-state index contributed by atoms with van der Waals surface area (Å²) in [7, 11) is 0. The van der Waals surface area contributed by atoms with Crippen LogP contribution < -0.4 is 0 Å². The van der Waals surface area contributed by atoms with Crippen LogP contribution >= 0.6 is 0 Å². The maximum atomic E-state index is 11.9. The molecule has 4 aliphatic rings. The summed E-state index contributed by atoms with van der Waals surface area (Å²) >= 11 is 0. The van der Waals surface area contributed by atoms with Crippen LogP contribution in [0.1, 0.15) is 78.1 Å². The van der Waals surface area contributed by atoms with Gasteiger partial charge in [0.2, 0.25) is 0 Å². The zero-order chi connectivity index (χ0) is 14.0. The third kappa shape index (κ3) is 1.70. The van der Waals surface area contributed by atoms with Crippen molar-refractivity contribution in [1.82, 2.24) is 0 Å². The van der Waals surface area contributed by atoms with Crippen LogP contribution in [-0.4, -0.2) is 5.78 Å². The van der Waals surface area contributed by atoms with Gasteiger partial charge in [-0.15, -0.1) is 0 Å². The fourth-order valence-corrected chi connectivity index (χ4v) is 7.04. The first kappa shape index (κ1) is 13.3. The third-order valence-electron chi connectivity index (χ3n) is 8.26. The zero-order valence-electron chi connectivity index (χ0n) is 13.3. The molecule has 4 rings (SSSR count). The van der Waals surface area contributed by atoms with Crippen molar-refractivity contribution < 1.29 is 4.79 Å². The number of fused-ring (bicyclic) bond motifs is 5. The van der Waals surface area contributed by atoms with Gasteiger partial charge < -0.3 is 0 Å². The molecule has 0 N–H and O–H groups in total. The molecule has 0 spiro atoms. The average molecular weight is 274 g/mol. The van der Waals surface area contributed by atoms with E-state index in [0.717, 1.165) is 36.5 Å². The molecule has 112 valence electrons. The standard InChI is InChI=1S/C19H30O/c1-18-9-3-4-16(18)15-6-5-13-12-14(20)7-11-19(13,2)17(15)8-10-18/h13,15-17H,3-12H2,1-2H3/t13-,15+,16+,17+,18+,19+/m1/s1. The molecule has 0 unspecified atom stereocenters. The molecule has 0 heterocycles. The van der Waals surface area contributed by atoms with Crippen molar-refractivity contribution >= 4 is 5.78 Å². The Balaban J connectivity index is 1.64. The van der Waals surface area contributed by atoms with E-state index in [1.807, 2.05) is 0 Å². The maximum Gasteiger partial charge on any atom is 0.133 e. The predicted molar refractivity (Wildman–Crippen MR) is 81.4 cm³/mol. The minimum atomic E-state index is 0.501. The average Bonchev–Trinajstić information content (AvgIpc) is 2.81.